The minimum atomic E-state index is -0.885. The summed E-state index contributed by atoms with van der Waals surface area (Å²) < 4.78 is 0. The molecule has 0 spiro atoms. The zero-order valence-electron chi connectivity index (χ0n) is 6.53. The number of rotatable bonds is 0. The smallest absolute Gasteiger partial charge is 0.407 e. The van der Waals surface area contributed by atoms with Gasteiger partial charge in [0.25, 0.3) is 0 Å². The standard InChI is InChI=1S/C7H13NO3/c1-5-4-8(7(10)11)3-2-6(5)9/h5-6,9H,2-4H2,1H3,(H,10,11)/t5-,6?/m0/s1. The van der Waals surface area contributed by atoms with Crippen molar-refractivity contribution >= 4 is 6.09 Å². The largest absolute Gasteiger partial charge is 0.465 e. The zero-order chi connectivity index (χ0) is 8.43. The molecule has 4 heteroatoms. The lowest BCUT2D eigenvalue weighted by Crippen LogP contribution is -2.44. The summed E-state index contributed by atoms with van der Waals surface area (Å²) in [5.41, 5.74) is 0. The van der Waals surface area contributed by atoms with Gasteiger partial charge in [0.15, 0.2) is 0 Å². The molecule has 0 bridgehead atoms. The van der Waals surface area contributed by atoms with E-state index in [1.807, 2.05) is 6.92 Å². The molecular formula is C7H13NO3. The Morgan fingerprint density at radius 2 is 2.27 bits per heavy atom. The van der Waals surface area contributed by atoms with E-state index in [9.17, 15) is 9.90 Å². The van der Waals surface area contributed by atoms with Crippen molar-refractivity contribution in [1.82, 2.24) is 4.90 Å². The van der Waals surface area contributed by atoms with Crippen LogP contribution in [0.25, 0.3) is 0 Å². The average Bonchev–Trinajstić information content (AvgIpc) is 1.94. The Morgan fingerprint density at radius 1 is 1.64 bits per heavy atom. The van der Waals surface area contributed by atoms with Gasteiger partial charge in [-0.2, -0.15) is 0 Å². The quantitative estimate of drug-likeness (QED) is 0.536. The maximum Gasteiger partial charge on any atom is 0.407 e. The molecule has 1 aliphatic heterocycles. The first-order valence-corrected chi connectivity index (χ1v) is 3.77. The summed E-state index contributed by atoms with van der Waals surface area (Å²) in [4.78, 5) is 11.8. The van der Waals surface area contributed by atoms with E-state index in [0.717, 1.165) is 0 Å². The number of hydrogen-bond acceptors (Lipinski definition) is 2. The number of carboxylic acid groups (broad SMARTS) is 1. The van der Waals surface area contributed by atoms with Gasteiger partial charge < -0.3 is 15.1 Å². The lowest BCUT2D eigenvalue weighted by atomic mass is 9.97. The third-order valence-electron chi connectivity index (χ3n) is 2.13. The third kappa shape index (κ3) is 1.83. The van der Waals surface area contributed by atoms with Crippen molar-refractivity contribution in [2.75, 3.05) is 13.1 Å². The van der Waals surface area contributed by atoms with Gasteiger partial charge in [-0.3, -0.25) is 0 Å². The van der Waals surface area contributed by atoms with Crippen LogP contribution in [0.5, 0.6) is 0 Å². The number of carbonyl (C=O) groups is 1. The van der Waals surface area contributed by atoms with Crippen LogP contribution in [0.4, 0.5) is 4.79 Å². The van der Waals surface area contributed by atoms with Crippen LogP contribution in [0, 0.1) is 5.92 Å². The first kappa shape index (κ1) is 8.33. The Balaban J connectivity index is 2.46. The van der Waals surface area contributed by atoms with E-state index in [4.69, 9.17) is 5.11 Å². The number of likely N-dealkylation sites (tertiary alicyclic amines) is 1. The zero-order valence-corrected chi connectivity index (χ0v) is 6.53. The molecule has 0 saturated carbocycles. The van der Waals surface area contributed by atoms with E-state index in [2.05, 4.69) is 0 Å². The molecule has 11 heavy (non-hydrogen) atoms. The molecule has 64 valence electrons. The lowest BCUT2D eigenvalue weighted by Gasteiger charge is -2.32. The van der Waals surface area contributed by atoms with Crippen LogP contribution in [0.2, 0.25) is 0 Å². The topological polar surface area (TPSA) is 60.8 Å². The number of piperidine rings is 1. The summed E-state index contributed by atoms with van der Waals surface area (Å²) in [5.74, 6) is 0.0693. The van der Waals surface area contributed by atoms with Crippen molar-refractivity contribution in [3.8, 4) is 0 Å². The number of hydrogen-bond donors (Lipinski definition) is 2. The Bertz CT molecular complexity index is 160. The predicted octanol–water partition coefficient (Wildman–Crippen LogP) is 0.367. The Labute approximate surface area is 65.4 Å². The fourth-order valence-corrected chi connectivity index (χ4v) is 1.31. The van der Waals surface area contributed by atoms with Crippen LogP contribution in [0.1, 0.15) is 13.3 Å². The molecule has 1 aliphatic rings. The maximum absolute atomic E-state index is 10.5. The summed E-state index contributed by atoms with van der Waals surface area (Å²) in [6.45, 7) is 2.77. The molecule has 1 saturated heterocycles. The fourth-order valence-electron chi connectivity index (χ4n) is 1.31. The predicted molar refractivity (Wildman–Crippen MR) is 39.4 cm³/mol. The van der Waals surface area contributed by atoms with Gasteiger partial charge in [0.05, 0.1) is 6.10 Å². The van der Waals surface area contributed by atoms with E-state index in [-0.39, 0.29) is 12.0 Å². The van der Waals surface area contributed by atoms with Crippen LogP contribution >= 0.6 is 0 Å². The molecule has 0 aromatic heterocycles. The lowest BCUT2D eigenvalue weighted by molar-refractivity contribution is 0.0370. The fraction of sp³-hybridized carbons (Fsp3) is 0.857. The van der Waals surface area contributed by atoms with Gasteiger partial charge in [-0.05, 0) is 12.3 Å². The van der Waals surface area contributed by atoms with Crippen molar-refractivity contribution in [3.63, 3.8) is 0 Å². The van der Waals surface area contributed by atoms with Crippen molar-refractivity contribution in [2.24, 2.45) is 5.92 Å². The van der Waals surface area contributed by atoms with Crippen molar-refractivity contribution < 1.29 is 15.0 Å². The van der Waals surface area contributed by atoms with E-state index >= 15 is 0 Å². The Hall–Kier alpha value is -0.770. The minimum Gasteiger partial charge on any atom is -0.465 e. The molecular weight excluding hydrogens is 146 g/mol. The highest BCUT2D eigenvalue weighted by Gasteiger charge is 2.26. The second-order valence-electron chi connectivity index (χ2n) is 3.06. The summed E-state index contributed by atoms with van der Waals surface area (Å²) in [6, 6.07) is 0. The van der Waals surface area contributed by atoms with Gasteiger partial charge in [-0.1, -0.05) is 6.92 Å². The highest BCUT2D eigenvalue weighted by atomic mass is 16.4. The van der Waals surface area contributed by atoms with Crippen LogP contribution in [0.3, 0.4) is 0 Å². The number of aliphatic hydroxyl groups excluding tert-OH is 1. The molecule has 1 unspecified atom stereocenters. The summed E-state index contributed by atoms with van der Waals surface area (Å²) in [7, 11) is 0. The SMILES string of the molecule is C[C@H]1CN(C(=O)O)CCC1O. The molecule has 1 fully saturated rings. The van der Waals surface area contributed by atoms with Crippen LogP contribution < -0.4 is 0 Å². The van der Waals surface area contributed by atoms with Crippen molar-refractivity contribution in [2.45, 2.75) is 19.4 Å². The van der Waals surface area contributed by atoms with Gasteiger partial charge in [-0.15, -0.1) is 0 Å². The number of amides is 1. The van der Waals surface area contributed by atoms with Crippen LogP contribution in [-0.4, -0.2) is 40.4 Å². The second kappa shape index (κ2) is 3.09. The Kier molecular flexibility index (Phi) is 2.34. The second-order valence-corrected chi connectivity index (χ2v) is 3.06. The van der Waals surface area contributed by atoms with E-state index in [1.54, 1.807) is 0 Å². The summed E-state index contributed by atoms with van der Waals surface area (Å²) in [6.07, 6.45) is -0.651. The highest BCUT2D eigenvalue weighted by Crippen LogP contribution is 2.15. The number of aliphatic hydroxyl groups is 1. The van der Waals surface area contributed by atoms with Gasteiger partial charge in [-0.25, -0.2) is 4.79 Å². The average molecular weight is 159 g/mol. The molecule has 0 aromatic rings. The van der Waals surface area contributed by atoms with Crippen LogP contribution in [-0.2, 0) is 0 Å². The molecule has 1 amide bonds. The molecule has 2 atom stereocenters. The van der Waals surface area contributed by atoms with Gasteiger partial charge in [0.2, 0.25) is 0 Å². The maximum atomic E-state index is 10.5. The summed E-state index contributed by atoms with van der Waals surface area (Å²) in [5, 5.41) is 17.8. The molecule has 0 aromatic carbocycles. The van der Waals surface area contributed by atoms with Crippen molar-refractivity contribution in [1.29, 1.82) is 0 Å². The van der Waals surface area contributed by atoms with E-state index < -0.39 is 6.09 Å². The molecule has 0 aliphatic carbocycles. The Morgan fingerprint density at radius 3 is 2.73 bits per heavy atom. The normalized spacial score (nSPS) is 32.0. The minimum absolute atomic E-state index is 0.0693. The van der Waals surface area contributed by atoms with Gasteiger partial charge in [0.1, 0.15) is 0 Å². The van der Waals surface area contributed by atoms with Crippen LogP contribution in [0.15, 0.2) is 0 Å². The summed E-state index contributed by atoms with van der Waals surface area (Å²) >= 11 is 0. The molecule has 4 nitrogen and oxygen atoms in total. The first-order chi connectivity index (χ1) is 5.11. The van der Waals surface area contributed by atoms with E-state index in [0.29, 0.717) is 19.5 Å². The third-order valence-corrected chi connectivity index (χ3v) is 2.13. The van der Waals surface area contributed by atoms with Gasteiger partial charge in [0, 0.05) is 13.1 Å². The van der Waals surface area contributed by atoms with Gasteiger partial charge >= 0.3 is 6.09 Å². The van der Waals surface area contributed by atoms with Crippen molar-refractivity contribution in [3.05, 3.63) is 0 Å². The highest BCUT2D eigenvalue weighted by molar-refractivity contribution is 5.65. The molecule has 0 radical (unpaired) electrons. The number of nitrogens with zero attached hydrogens (tertiary/aromatic N) is 1. The first-order valence-electron chi connectivity index (χ1n) is 3.77. The molecule has 1 rings (SSSR count). The molecule has 2 N–H and O–H groups in total. The van der Waals surface area contributed by atoms with E-state index in [1.165, 1.54) is 4.90 Å². The molecule has 1 heterocycles. The monoisotopic (exact) mass is 159 g/mol.